The van der Waals surface area contributed by atoms with Crippen LogP contribution in [-0.2, 0) is 4.79 Å². The van der Waals surface area contributed by atoms with Crippen molar-refractivity contribution in [1.29, 1.82) is 0 Å². The van der Waals surface area contributed by atoms with E-state index in [0.29, 0.717) is 6.42 Å². The van der Waals surface area contributed by atoms with Gasteiger partial charge in [-0.15, -0.1) is 0 Å². The summed E-state index contributed by atoms with van der Waals surface area (Å²) in [6.45, 7) is 0. The minimum Gasteiger partial charge on any atom is -0.281 e. The van der Waals surface area contributed by atoms with E-state index in [1.54, 1.807) is 0 Å². The average molecular weight is 329 g/mol. The summed E-state index contributed by atoms with van der Waals surface area (Å²) in [5.41, 5.74) is 0. The molecule has 1 aliphatic carbocycles. The van der Waals surface area contributed by atoms with Crippen molar-refractivity contribution in [2.45, 2.75) is 116 Å². The van der Waals surface area contributed by atoms with Gasteiger partial charge in [0.1, 0.15) is 0 Å². The Morgan fingerprint density at radius 3 is 1.68 bits per heavy atom. The van der Waals surface area contributed by atoms with Gasteiger partial charge in [-0.25, -0.2) is 0 Å². The van der Waals surface area contributed by atoms with Gasteiger partial charge in [0.2, 0.25) is 5.24 Å². The minimum atomic E-state index is -0.175. The molecule has 0 spiro atoms. The fraction of sp³-hybridized carbons (Fsp3) is 0.950. The molecule has 0 atom stereocenters. The van der Waals surface area contributed by atoms with Crippen molar-refractivity contribution in [3.05, 3.63) is 0 Å². The van der Waals surface area contributed by atoms with Crippen LogP contribution in [0.4, 0.5) is 0 Å². The summed E-state index contributed by atoms with van der Waals surface area (Å²) in [6.07, 6.45) is 24.3. The van der Waals surface area contributed by atoms with Crippen molar-refractivity contribution in [3.8, 4) is 0 Å². The SMILES string of the molecule is O=C(Cl)CCCCCCCCCC1CCCCCCCCC1. The van der Waals surface area contributed by atoms with E-state index < -0.39 is 0 Å². The van der Waals surface area contributed by atoms with Crippen LogP contribution in [0.25, 0.3) is 0 Å². The lowest BCUT2D eigenvalue weighted by Gasteiger charge is -2.18. The number of hydrogen-bond donors (Lipinski definition) is 0. The summed E-state index contributed by atoms with van der Waals surface area (Å²) in [4.78, 5) is 10.6. The monoisotopic (exact) mass is 328 g/mol. The Morgan fingerprint density at radius 1 is 0.682 bits per heavy atom. The summed E-state index contributed by atoms with van der Waals surface area (Å²) < 4.78 is 0. The first-order valence-electron chi connectivity index (χ1n) is 9.97. The molecule has 0 unspecified atom stereocenters. The van der Waals surface area contributed by atoms with Gasteiger partial charge in [0.15, 0.2) is 0 Å². The second-order valence-electron chi connectivity index (χ2n) is 7.29. The van der Waals surface area contributed by atoms with E-state index in [1.165, 1.54) is 103 Å². The molecule has 0 N–H and O–H groups in total. The Kier molecular flexibility index (Phi) is 13.2. The lowest BCUT2D eigenvalue weighted by Crippen LogP contribution is -2.02. The minimum absolute atomic E-state index is 0.175. The second-order valence-corrected chi connectivity index (χ2v) is 7.71. The fourth-order valence-electron chi connectivity index (χ4n) is 3.76. The molecule has 0 saturated heterocycles. The molecular weight excluding hydrogens is 292 g/mol. The predicted octanol–water partition coefficient (Wildman–Crippen LogP) is 7.40. The standard InChI is InChI=1S/C20H37ClO/c21-20(22)18-14-10-6-2-5-9-13-17-19-15-11-7-3-1-4-8-12-16-19/h19H,1-18H2. The highest BCUT2D eigenvalue weighted by Gasteiger charge is 2.09. The number of rotatable bonds is 10. The van der Waals surface area contributed by atoms with Crippen molar-refractivity contribution in [2.24, 2.45) is 5.92 Å². The van der Waals surface area contributed by atoms with Crippen LogP contribution in [-0.4, -0.2) is 5.24 Å². The predicted molar refractivity (Wildman–Crippen MR) is 97.5 cm³/mol. The van der Waals surface area contributed by atoms with Gasteiger partial charge in [-0.05, 0) is 23.9 Å². The van der Waals surface area contributed by atoms with E-state index in [-0.39, 0.29) is 5.24 Å². The Bertz CT molecular complexity index is 254. The first-order valence-corrected chi connectivity index (χ1v) is 10.3. The smallest absolute Gasteiger partial charge is 0.221 e. The molecule has 2 heteroatoms. The van der Waals surface area contributed by atoms with Gasteiger partial charge in [-0.3, -0.25) is 4.79 Å². The summed E-state index contributed by atoms with van der Waals surface area (Å²) in [6, 6.07) is 0. The van der Waals surface area contributed by atoms with Crippen LogP contribution >= 0.6 is 11.6 Å². The molecule has 0 aromatic heterocycles. The van der Waals surface area contributed by atoms with Crippen LogP contribution in [0.1, 0.15) is 116 Å². The first-order chi connectivity index (χ1) is 10.8. The molecule has 1 saturated carbocycles. The first kappa shape index (κ1) is 20.0. The van der Waals surface area contributed by atoms with Crippen LogP contribution in [0.2, 0.25) is 0 Å². The number of carbonyl (C=O) groups excluding carboxylic acids is 1. The summed E-state index contributed by atoms with van der Waals surface area (Å²) >= 11 is 5.34. The van der Waals surface area contributed by atoms with Crippen molar-refractivity contribution in [3.63, 3.8) is 0 Å². The lowest BCUT2D eigenvalue weighted by molar-refractivity contribution is -0.111. The van der Waals surface area contributed by atoms with Crippen LogP contribution < -0.4 is 0 Å². The third kappa shape index (κ3) is 12.5. The van der Waals surface area contributed by atoms with Gasteiger partial charge in [0.25, 0.3) is 0 Å². The van der Waals surface area contributed by atoms with Crippen LogP contribution in [0.3, 0.4) is 0 Å². The van der Waals surface area contributed by atoms with Crippen LogP contribution in [0.5, 0.6) is 0 Å². The number of carbonyl (C=O) groups is 1. The second kappa shape index (κ2) is 14.5. The van der Waals surface area contributed by atoms with Gasteiger partial charge >= 0.3 is 0 Å². The maximum Gasteiger partial charge on any atom is 0.221 e. The Labute approximate surface area is 143 Å². The highest BCUT2D eigenvalue weighted by Crippen LogP contribution is 2.26. The molecule has 0 amide bonds. The molecule has 0 aromatic rings. The maximum atomic E-state index is 10.6. The average Bonchev–Trinajstić information content (AvgIpc) is 2.51. The van der Waals surface area contributed by atoms with Crippen molar-refractivity contribution in [1.82, 2.24) is 0 Å². The number of halogens is 1. The van der Waals surface area contributed by atoms with E-state index in [1.807, 2.05) is 0 Å². The third-order valence-electron chi connectivity index (χ3n) is 5.21. The fourth-order valence-corrected chi connectivity index (χ4v) is 3.90. The maximum absolute atomic E-state index is 10.6. The molecule has 1 aliphatic rings. The third-order valence-corrected chi connectivity index (χ3v) is 5.40. The molecule has 0 aliphatic heterocycles. The highest BCUT2D eigenvalue weighted by atomic mass is 35.5. The zero-order valence-electron chi connectivity index (χ0n) is 14.6. The van der Waals surface area contributed by atoms with E-state index in [9.17, 15) is 4.79 Å². The molecule has 1 fully saturated rings. The quantitative estimate of drug-likeness (QED) is 0.301. The zero-order valence-corrected chi connectivity index (χ0v) is 15.3. The highest BCUT2D eigenvalue weighted by molar-refractivity contribution is 6.63. The lowest BCUT2D eigenvalue weighted by atomic mass is 9.88. The molecule has 22 heavy (non-hydrogen) atoms. The molecule has 1 nitrogen and oxygen atoms in total. The topological polar surface area (TPSA) is 17.1 Å². The molecule has 0 heterocycles. The van der Waals surface area contributed by atoms with Crippen LogP contribution in [0, 0.1) is 5.92 Å². The molecule has 1 rings (SSSR count). The Morgan fingerprint density at radius 2 is 1.14 bits per heavy atom. The number of unbranched alkanes of at least 4 members (excludes halogenated alkanes) is 6. The van der Waals surface area contributed by atoms with Crippen molar-refractivity contribution < 1.29 is 4.79 Å². The van der Waals surface area contributed by atoms with E-state index >= 15 is 0 Å². The summed E-state index contributed by atoms with van der Waals surface area (Å²) in [7, 11) is 0. The Balaban J connectivity index is 1.92. The normalized spacial score (nSPS) is 18.2. The summed E-state index contributed by atoms with van der Waals surface area (Å²) in [5.74, 6) is 1.02. The number of hydrogen-bond acceptors (Lipinski definition) is 1. The van der Waals surface area contributed by atoms with Gasteiger partial charge in [0, 0.05) is 6.42 Å². The molecule has 130 valence electrons. The van der Waals surface area contributed by atoms with Crippen molar-refractivity contribution >= 4 is 16.8 Å². The van der Waals surface area contributed by atoms with Crippen LogP contribution in [0.15, 0.2) is 0 Å². The molecule has 0 radical (unpaired) electrons. The molecule has 0 bridgehead atoms. The Hall–Kier alpha value is -0.0400. The van der Waals surface area contributed by atoms with E-state index in [4.69, 9.17) is 11.6 Å². The van der Waals surface area contributed by atoms with E-state index in [2.05, 4.69) is 0 Å². The van der Waals surface area contributed by atoms with Gasteiger partial charge in [-0.1, -0.05) is 103 Å². The molecule has 0 aromatic carbocycles. The zero-order chi connectivity index (χ0) is 15.9. The van der Waals surface area contributed by atoms with Gasteiger partial charge < -0.3 is 0 Å². The summed E-state index contributed by atoms with van der Waals surface area (Å²) in [5, 5.41) is -0.175. The van der Waals surface area contributed by atoms with Gasteiger partial charge in [0.05, 0.1) is 0 Å². The van der Waals surface area contributed by atoms with E-state index in [0.717, 1.165) is 12.3 Å². The molecular formula is C20H37ClO. The van der Waals surface area contributed by atoms with Crippen molar-refractivity contribution in [2.75, 3.05) is 0 Å². The largest absolute Gasteiger partial charge is 0.281 e. The van der Waals surface area contributed by atoms with Gasteiger partial charge in [-0.2, -0.15) is 0 Å².